The van der Waals surface area contributed by atoms with Crippen molar-refractivity contribution in [2.45, 2.75) is 33.7 Å². The summed E-state index contributed by atoms with van der Waals surface area (Å²) in [4.78, 5) is 16.5. The third-order valence-corrected chi connectivity index (χ3v) is 3.10. The second-order valence-corrected chi connectivity index (χ2v) is 5.46. The van der Waals surface area contributed by atoms with Crippen molar-refractivity contribution in [2.24, 2.45) is 5.92 Å². The fourth-order valence-electron chi connectivity index (χ4n) is 1.90. The van der Waals surface area contributed by atoms with Gasteiger partial charge in [-0.2, -0.15) is 4.98 Å². The highest BCUT2D eigenvalue weighted by Crippen LogP contribution is 2.16. The minimum atomic E-state index is -0.0865. The minimum absolute atomic E-state index is 0.0865. The van der Waals surface area contributed by atoms with E-state index < -0.39 is 0 Å². The van der Waals surface area contributed by atoms with E-state index in [1.54, 1.807) is 6.07 Å². The second-order valence-electron chi connectivity index (χ2n) is 5.46. The second kappa shape index (κ2) is 7.59. The van der Waals surface area contributed by atoms with Gasteiger partial charge in [-0.15, -0.1) is 0 Å². The third-order valence-electron chi connectivity index (χ3n) is 3.10. The topological polar surface area (TPSA) is 80.0 Å². The highest BCUT2D eigenvalue weighted by Gasteiger charge is 2.12. The number of benzene rings is 1. The molecule has 0 fully saturated rings. The van der Waals surface area contributed by atoms with E-state index in [1.165, 1.54) is 0 Å². The molecule has 0 radical (unpaired) electrons. The molecule has 0 aliphatic carbocycles. The molecule has 2 aromatic rings. The zero-order valence-electron chi connectivity index (χ0n) is 13.2. The summed E-state index contributed by atoms with van der Waals surface area (Å²) in [5, 5.41) is 9.95. The quantitative estimate of drug-likeness (QED) is 0.822. The number of amides is 1. The maximum atomic E-state index is 12.2. The Labute approximate surface area is 130 Å². The number of aromatic nitrogens is 2. The van der Waals surface area contributed by atoms with Gasteiger partial charge in [-0.05, 0) is 18.1 Å². The average Bonchev–Trinajstić information content (AvgIpc) is 2.99. The Hall–Kier alpha value is -2.37. The van der Waals surface area contributed by atoms with Gasteiger partial charge in [0, 0.05) is 18.7 Å². The lowest BCUT2D eigenvalue weighted by atomic mass is 10.1. The standard InChI is InChI=1S/C16H22N4O2/c1-4-14-19-15(22-20-14)10-17-13-8-6-5-7-12(13)16(21)18-9-11(2)3/h5-8,11,17H,4,9-10H2,1-3H3,(H,18,21). The van der Waals surface area contributed by atoms with Crippen LogP contribution in [0.15, 0.2) is 28.8 Å². The van der Waals surface area contributed by atoms with Crippen molar-refractivity contribution in [3.63, 3.8) is 0 Å². The zero-order valence-corrected chi connectivity index (χ0v) is 13.2. The van der Waals surface area contributed by atoms with Gasteiger partial charge < -0.3 is 15.2 Å². The molecule has 0 unspecified atom stereocenters. The summed E-state index contributed by atoms with van der Waals surface area (Å²) in [5.41, 5.74) is 1.36. The van der Waals surface area contributed by atoms with Gasteiger partial charge in [0.1, 0.15) is 0 Å². The smallest absolute Gasteiger partial charge is 0.253 e. The van der Waals surface area contributed by atoms with E-state index in [2.05, 4.69) is 34.6 Å². The molecule has 0 bridgehead atoms. The molecule has 1 aromatic carbocycles. The number of hydrogen-bond donors (Lipinski definition) is 2. The number of aryl methyl sites for hydroxylation is 1. The first kappa shape index (κ1) is 16.0. The Balaban J connectivity index is 2.02. The maximum Gasteiger partial charge on any atom is 0.253 e. The minimum Gasteiger partial charge on any atom is -0.375 e. The monoisotopic (exact) mass is 302 g/mol. The van der Waals surface area contributed by atoms with E-state index in [1.807, 2.05) is 25.1 Å². The molecule has 118 valence electrons. The van der Waals surface area contributed by atoms with Crippen LogP contribution in [-0.2, 0) is 13.0 Å². The van der Waals surface area contributed by atoms with Gasteiger partial charge in [0.25, 0.3) is 5.91 Å². The molecular weight excluding hydrogens is 280 g/mol. The molecule has 1 amide bonds. The molecule has 6 heteroatoms. The van der Waals surface area contributed by atoms with E-state index in [9.17, 15) is 4.79 Å². The molecule has 1 heterocycles. The summed E-state index contributed by atoms with van der Waals surface area (Å²) >= 11 is 0. The molecule has 2 rings (SSSR count). The summed E-state index contributed by atoms with van der Waals surface area (Å²) in [7, 11) is 0. The number of nitrogens with one attached hydrogen (secondary N) is 2. The Morgan fingerprint density at radius 2 is 2.09 bits per heavy atom. The Morgan fingerprint density at radius 1 is 1.32 bits per heavy atom. The van der Waals surface area contributed by atoms with Crippen LogP contribution < -0.4 is 10.6 Å². The van der Waals surface area contributed by atoms with Crippen molar-refractivity contribution in [3.8, 4) is 0 Å². The highest BCUT2D eigenvalue weighted by molar-refractivity contribution is 5.99. The summed E-state index contributed by atoms with van der Waals surface area (Å²) < 4.78 is 5.13. The molecule has 0 spiro atoms. The molecular formula is C16H22N4O2. The van der Waals surface area contributed by atoms with Crippen molar-refractivity contribution < 1.29 is 9.32 Å². The van der Waals surface area contributed by atoms with Gasteiger partial charge in [0.05, 0.1) is 12.1 Å². The van der Waals surface area contributed by atoms with E-state index in [0.717, 1.165) is 12.1 Å². The van der Waals surface area contributed by atoms with Crippen LogP contribution in [0, 0.1) is 5.92 Å². The van der Waals surface area contributed by atoms with E-state index in [0.29, 0.717) is 36.3 Å². The molecule has 1 aromatic heterocycles. The first-order valence-electron chi connectivity index (χ1n) is 7.52. The van der Waals surface area contributed by atoms with E-state index in [4.69, 9.17) is 4.52 Å². The van der Waals surface area contributed by atoms with Crippen LogP contribution in [0.4, 0.5) is 5.69 Å². The predicted octanol–water partition coefficient (Wildman–Crippen LogP) is 2.63. The number of para-hydroxylation sites is 1. The van der Waals surface area contributed by atoms with Gasteiger partial charge in [0.15, 0.2) is 5.82 Å². The van der Waals surface area contributed by atoms with Crippen molar-refractivity contribution in [1.82, 2.24) is 15.5 Å². The molecule has 22 heavy (non-hydrogen) atoms. The molecule has 0 saturated carbocycles. The normalized spacial score (nSPS) is 10.7. The largest absolute Gasteiger partial charge is 0.375 e. The Morgan fingerprint density at radius 3 is 2.77 bits per heavy atom. The number of carbonyl (C=O) groups excluding carboxylic acids is 1. The summed E-state index contributed by atoms with van der Waals surface area (Å²) in [6, 6.07) is 7.38. The van der Waals surface area contributed by atoms with Crippen molar-refractivity contribution >= 4 is 11.6 Å². The van der Waals surface area contributed by atoms with Crippen LogP contribution in [0.5, 0.6) is 0 Å². The van der Waals surface area contributed by atoms with Crippen LogP contribution in [0.3, 0.4) is 0 Å². The first-order valence-corrected chi connectivity index (χ1v) is 7.52. The van der Waals surface area contributed by atoms with Gasteiger partial charge >= 0.3 is 0 Å². The van der Waals surface area contributed by atoms with Gasteiger partial charge in [-0.25, -0.2) is 0 Å². The van der Waals surface area contributed by atoms with Crippen LogP contribution in [0.2, 0.25) is 0 Å². The molecule has 0 atom stereocenters. The third kappa shape index (κ3) is 4.31. The Kier molecular flexibility index (Phi) is 5.52. The molecule has 0 aliphatic rings. The lowest BCUT2D eigenvalue weighted by Gasteiger charge is -2.12. The van der Waals surface area contributed by atoms with Gasteiger partial charge in [0.2, 0.25) is 5.89 Å². The van der Waals surface area contributed by atoms with Crippen molar-refractivity contribution in [3.05, 3.63) is 41.5 Å². The van der Waals surface area contributed by atoms with Crippen LogP contribution in [0.25, 0.3) is 0 Å². The molecule has 0 saturated heterocycles. The predicted molar refractivity (Wildman–Crippen MR) is 84.6 cm³/mol. The first-order chi connectivity index (χ1) is 10.6. The summed E-state index contributed by atoms with van der Waals surface area (Å²) in [6.45, 7) is 7.13. The lowest BCUT2D eigenvalue weighted by Crippen LogP contribution is -2.28. The summed E-state index contributed by atoms with van der Waals surface area (Å²) in [5.74, 6) is 1.51. The number of carbonyl (C=O) groups is 1. The number of anilines is 1. The zero-order chi connectivity index (χ0) is 15.9. The van der Waals surface area contributed by atoms with Crippen molar-refractivity contribution in [2.75, 3.05) is 11.9 Å². The molecule has 0 aliphatic heterocycles. The fourth-order valence-corrected chi connectivity index (χ4v) is 1.90. The van der Waals surface area contributed by atoms with E-state index in [-0.39, 0.29) is 5.91 Å². The van der Waals surface area contributed by atoms with Crippen LogP contribution in [0.1, 0.15) is 42.8 Å². The Bertz CT molecular complexity index is 622. The van der Waals surface area contributed by atoms with E-state index >= 15 is 0 Å². The maximum absolute atomic E-state index is 12.2. The summed E-state index contributed by atoms with van der Waals surface area (Å²) in [6.07, 6.45) is 0.734. The number of nitrogens with zero attached hydrogens (tertiary/aromatic N) is 2. The lowest BCUT2D eigenvalue weighted by molar-refractivity contribution is 0.0949. The van der Waals surface area contributed by atoms with Gasteiger partial charge in [-0.3, -0.25) is 4.79 Å². The molecule has 6 nitrogen and oxygen atoms in total. The van der Waals surface area contributed by atoms with Crippen LogP contribution >= 0.6 is 0 Å². The SMILES string of the molecule is CCc1noc(CNc2ccccc2C(=O)NCC(C)C)n1. The highest BCUT2D eigenvalue weighted by atomic mass is 16.5. The van der Waals surface area contributed by atoms with Crippen molar-refractivity contribution in [1.29, 1.82) is 0 Å². The number of rotatable bonds is 7. The number of hydrogen-bond acceptors (Lipinski definition) is 5. The molecule has 2 N–H and O–H groups in total. The van der Waals surface area contributed by atoms with Crippen LogP contribution in [-0.4, -0.2) is 22.6 Å². The fraction of sp³-hybridized carbons (Fsp3) is 0.438. The average molecular weight is 302 g/mol. The van der Waals surface area contributed by atoms with Gasteiger partial charge in [-0.1, -0.05) is 38.1 Å².